The van der Waals surface area contributed by atoms with Gasteiger partial charge in [-0.25, -0.2) is 0 Å². The Morgan fingerprint density at radius 1 is 0.500 bits per heavy atom. The van der Waals surface area contributed by atoms with Crippen LogP contribution < -0.4 is 0 Å². The maximum Gasteiger partial charge on any atom is 0.264 e. The van der Waals surface area contributed by atoms with Crippen LogP contribution in [0.3, 0.4) is 0 Å². The molecule has 1 N–H and O–H groups in total. The van der Waals surface area contributed by atoms with Crippen LogP contribution in [0, 0.1) is 0 Å². The second kappa shape index (κ2) is 24.0. The smallest absolute Gasteiger partial charge is 0.264 e. The zero-order valence-corrected chi connectivity index (χ0v) is 26.1. The molecule has 1 rings (SSSR count). The molecule has 38 heavy (non-hydrogen) atoms. The van der Waals surface area contributed by atoms with Gasteiger partial charge in [0.2, 0.25) is 0 Å². The van der Waals surface area contributed by atoms with Gasteiger partial charge < -0.3 is 0 Å². The molecule has 0 saturated carbocycles. The zero-order chi connectivity index (χ0) is 27.7. The molecule has 0 unspecified atom stereocenters. The van der Waals surface area contributed by atoms with Crippen LogP contribution in [0.25, 0.3) is 0 Å². The average Bonchev–Trinajstić information content (AvgIpc) is 2.89. The molecular weight excluding hydrogens is 488 g/mol. The van der Waals surface area contributed by atoms with Crippen LogP contribution in [0.5, 0.6) is 0 Å². The molecule has 0 spiro atoms. The minimum atomic E-state index is -3.78. The monoisotopic (exact) mass is 550 g/mol. The first-order chi connectivity index (χ1) is 18.5. The Morgan fingerprint density at radius 2 is 0.842 bits per heavy atom. The average molecular weight is 551 g/mol. The van der Waals surface area contributed by atoms with Crippen molar-refractivity contribution in [3.05, 3.63) is 34.9 Å². The van der Waals surface area contributed by atoms with E-state index in [1.807, 2.05) is 0 Å². The van der Waals surface area contributed by atoms with Crippen molar-refractivity contribution >= 4 is 10.1 Å². The van der Waals surface area contributed by atoms with Crippen LogP contribution in [0.4, 0.5) is 0 Å². The molecule has 0 aliphatic rings. The van der Waals surface area contributed by atoms with E-state index in [4.69, 9.17) is 4.55 Å². The van der Waals surface area contributed by atoms with Crippen molar-refractivity contribution in [2.45, 2.75) is 174 Å². The third kappa shape index (κ3) is 20.1. The molecule has 222 valence electrons. The van der Waals surface area contributed by atoms with Crippen LogP contribution in [0.2, 0.25) is 0 Å². The van der Waals surface area contributed by atoms with Gasteiger partial charge in [-0.15, -0.1) is 0 Å². The fourth-order valence-electron chi connectivity index (χ4n) is 5.67. The Kier molecular flexibility index (Phi) is 22.2. The molecular formula is C34H62O3S. The van der Waals surface area contributed by atoms with E-state index in [0.29, 0.717) is 6.42 Å². The molecule has 0 aliphatic carbocycles. The van der Waals surface area contributed by atoms with Gasteiger partial charge in [-0.3, -0.25) is 4.55 Å². The molecule has 0 aliphatic heterocycles. The largest absolute Gasteiger partial charge is 0.286 e. The highest BCUT2D eigenvalue weighted by molar-refractivity contribution is 7.85. The minimum absolute atomic E-state index is 0.0877. The highest BCUT2D eigenvalue weighted by Crippen LogP contribution is 2.23. The lowest BCUT2D eigenvalue weighted by Gasteiger charge is -2.16. The van der Waals surface area contributed by atoms with Crippen molar-refractivity contribution < 1.29 is 13.0 Å². The van der Waals surface area contributed by atoms with Crippen molar-refractivity contribution in [1.29, 1.82) is 0 Å². The van der Waals surface area contributed by atoms with Crippen molar-refractivity contribution in [2.75, 3.05) is 5.75 Å². The molecule has 0 heterocycles. The van der Waals surface area contributed by atoms with E-state index in [2.05, 4.69) is 32.0 Å². The van der Waals surface area contributed by atoms with Gasteiger partial charge in [0.25, 0.3) is 10.1 Å². The lowest BCUT2D eigenvalue weighted by molar-refractivity contribution is 0.478. The molecule has 0 radical (unpaired) electrons. The molecule has 0 atom stereocenters. The molecule has 4 heteroatoms. The van der Waals surface area contributed by atoms with Crippen LogP contribution >= 0.6 is 0 Å². The fraction of sp³-hybridized carbons (Fsp3) is 0.824. The van der Waals surface area contributed by atoms with E-state index < -0.39 is 10.1 Å². The van der Waals surface area contributed by atoms with E-state index in [9.17, 15) is 8.42 Å². The maximum atomic E-state index is 10.7. The Morgan fingerprint density at radius 3 is 1.24 bits per heavy atom. The van der Waals surface area contributed by atoms with Gasteiger partial charge in [0.05, 0.1) is 5.75 Å². The summed E-state index contributed by atoms with van der Waals surface area (Å²) in [5, 5.41) is 0. The van der Waals surface area contributed by atoms with Crippen LogP contribution in [-0.2, 0) is 29.4 Å². The van der Waals surface area contributed by atoms with Gasteiger partial charge in [-0.2, -0.15) is 8.42 Å². The SMILES string of the molecule is CCCCCCCCc1cccc(CCCCCCCCCCCCS(=O)(=O)O)c1CCCCCCCC. The van der Waals surface area contributed by atoms with Crippen molar-refractivity contribution in [2.24, 2.45) is 0 Å². The summed E-state index contributed by atoms with van der Waals surface area (Å²) in [7, 11) is -3.78. The summed E-state index contributed by atoms with van der Waals surface area (Å²) in [5.74, 6) is -0.0877. The Balaban J connectivity index is 2.35. The quantitative estimate of drug-likeness (QED) is 0.0875. The normalized spacial score (nSPS) is 11.9. The fourth-order valence-corrected chi connectivity index (χ4v) is 6.24. The highest BCUT2D eigenvalue weighted by Gasteiger charge is 2.09. The molecule has 0 amide bonds. The lowest BCUT2D eigenvalue weighted by Crippen LogP contribution is -2.03. The van der Waals surface area contributed by atoms with Gasteiger partial charge in [-0.05, 0) is 61.6 Å². The Bertz CT molecular complexity index is 772. The third-order valence-electron chi connectivity index (χ3n) is 8.05. The molecule has 0 saturated heterocycles. The van der Waals surface area contributed by atoms with Crippen LogP contribution in [0.15, 0.2) is 18.2 Å². The predicted octanol–water partition coefficient (Wildman–Crippen LogP) is 10.8. The zero-order valence-electron chi connectivity index (χ0n) is 25.3. The predicted molar refractivity (Wildman–Crippen MR) is 167 cm³/mol. The first kappa shape index (κ1) is 35.2. The number of rotatable bonds is 27. The molecule has 0 bridgehead atoms. The van der Waals surface area contributed by atoms with Crippen molar-refractivity contribution in [3.63, 3.8) is 0 Å². The van der Waals surface area contributed by atoms with Crippen molar-refractivity contribution in [3.8, 4) is 0 Å². The lowest BCUT2D eigenvalue weighted by atomic mass is 9.90. The number of hydrogen-bond acceptors (Lipinski definition) is 2. The summed E-state index contributed by atoms with van der Waals surface area (Å²) in [6, 6.07) is 7.16. The Labute approximate surface area is 237 Å². The summed E-state index contributed by atoms with van der Waals surface area (Å²) < 4.78 is 30.3. The van der Waals surface area contributed by atoms with Crippen LogP contribution in [-0.4, -0.2) is 18.7 Å². The first-order valence-corrected chi connectivity index (χ1v) is 18.1. The number of hydrogen-bond donors (Lipinski definition) is 1. The first-order valence-electron chi connectivity index (χ1n) is 16.5. The van der Waals surface area contributed by atoms with E-state index >= 15 is 0 Å². The van der Waals surface area contributed by atoms with Gasteiger partial charge in [0.1, 0.15) is 0 Å². The van der Waals surface area contributed by atoms with Gasteiger partial charge >= 0.3 is 0 Å². The summed E-state index contributed by atoms with van der Waals surface area (Å²) in [5.41, 5.74) is 4.97. The summed E-state index contributed by atoms with van der Waals surface area (Å²) in [4.78, 5) is 0. The summed E-state index contributed by atoms with van der Waals surface area (Å²) in [6.07, 6.45) is 31.8. The maximum absolute atomic E-state index is 10.7. The topological polar surface area (TPSA) is 54.4 Å². The van der Waals surface area contributed by atoms with Crippen molar-refractivity contribution in [1.82, 2.24) is 0 Å². The van der Waals surface area contributed by atoms with Gasteiger partial charge in [-0.1, -0.05) is 148 Å². The summed E-state index contributed by atoms with van der Waals surface area (Å²) >= 11 is 0. The van der Waals surface area contributed by atoms with Gasteiger partial charge in [0, 0.05) is 0 Å². The molecule has 3 nitrogen and oxygen atoms in total. The molecule has 0 aromatic heterocycles. The molecule has 0 fully saturated rings. The molecule has 1 aromatic carbocycles. The van der Waals surface area contributed by atoms with Gasteiger partial charge in [0.15, 0.2) is 0 Å². The number of unbranched alkanes of at least 4 members (excludes halogenated alkanes) is 19. The highest BCUT2D eigenvalue weighted by atomic mass is 32.2. The van der Waals surface area contributed by atoms with E-state index in [1.54, 1.807) is 16.7 Å². The Hall–Kier alpha value is -0.870. The third-order valence-corrected chi connectivity index (χ3v) is 8.85. The number of aryl methyl sites for hydroxylation is 2. The standard InChI is InChI=1S/C34H62O3S/c1-3-5-7-9-17-21-26-32-28-25-29-33(34(32)30-23-19-10-8-6-4-2)27-22-18-15-13-11-12-14-16-20-24-31-38(35,36)37/h25,28-29H,3-24,26-27,30-31H2,1-2H3,(H,35,36,37). The van der Waals surface area contributed by atoms with E-state index in [0.717, 1.165) is 12.8 Å². The number of benzene rings is 1. The van der Waals surface area contributed by atoms with E-state index in [1.165, 1.54) is 141 Å². The van der Waals surface area contributed by atoms with E-state index in [-0.39, 0.29) is 5.75 Å². The molecule has 1 aromatic rings. The second-order valence-corrected chi connectivity index (χ2v) is 13.2. The van der Waals surface area contributed by atoms with Crippen LogP contribution in [0.1, 0.15) is 172 Å². The second-order valence-electron chi connectivity index (χ2n) is 11.7. The summed E-state index contributed by atoms with van der Waals surface area (Å²) in [6.45, 7) is 4.59. The minimum Gasteiger partial charge on any atom is -0.286 e.